The maximum absolute atomic E-state index is 14.5. The maximum Gasteiger partial charge on any atom is 0.351 e. The fraction of sp³-hybridized carbons (Fsp3) is 0.643. The Morgan fingerprint density at radius 1 is 1.12 bits per heavy atom. The number of allylic oxidation sites excluding steroid dienone is 2. The van der Waals surface area contributed by atoms with Crippen molar-refractivity contribution in [1.29, 1.82) is 0 Å². The van der Waals surface area contributed by atoms with Crippen LogP contribution in [0.1, 0.15) is 83.8 Å². The Bertz CT molecular complexity index is 1170. The number of halogens is 2. The summed E-state index contributed by atoms with van der Waals surface area (Å²) in [4.78, 5) is 41.9. The first-order valence-corrected chi connectivity index (χ1v) is 14.2. The van der Waals surface area contributed by atoms with Gasteiger partial charge in [-0.2, -0.15) is 13.8 Å². The number of aromatic nitrogens is 2. The van der Waals surface area contributed by atoms with Crippen molar-refractivity contribution in [3.63, 3.8) is 0 Å². The molecule has 1 fully saturated rings. The first-order chi connectivity index (χ1) is 19.6. The Morgan fingerprint density at radius 3 is 2.32 bits per heavy atom. The van der Waals surface area contributed by atoms with Gasteiger partial charge in [0.25, 0.3) is 5.91 Å². The number of aliphatic carboxylic acids is 1. The number of aliphatic hydroxyl groups excluding tert-OH is 2. The number of aliphatic hydroxyl groups is 2. The zero-order chi connectivity index (χ0) is 30.0. The third-order valence-electron chi connectivity index (χ3n) is 7.56. The van der Waals surface area contributed by atoms with Crippen molar-refractivity contribution in [3.8, 4) is 0 Å². The second-order valence-electron chi connectivity index (χ2n) is 10.5. The van der Waals surface area contributed by atoms with E-state index in [9.17, 15) is 38.5 Å². The van der Waals surface area contributed by atoms with Gasteiger partial charge in [-0.25, -0.2) is 9.59 Å². The minimum absolute atomic E-state index is 0.164. The number of hydrogen-bond donors (Lipinski definition) is 5. The van der Waals surface area contributed by atoms with E-state index in [1.807, 2.05) is 0 Å². The van der Waals surface area contributed by atoms with Crippen molar-refractivity contribution in [3.05, 3.63) is 46.7 Å². The highest BCUT2D eigenvalue weighted by molar-refractivity contribution is 6.07. The van der Waals surface area contributed by atoms with Crippen LogP contribution in [0.3, 0.4) is 0 Å². The van der Waals surface area contributed by atoms with Crippen LogP contribution in [0.2, 0.25) is 0 Å². The van der Waals surface area contributed by atoms with E-state index in [-0.39, 0.29) is 17.8 Å². The lowest BCUT2D eigenvalue weighted by Gasteiger charge is -2.35. The molecule has 1 aromatic rings. The Hall–Kier alpha value is -3.16. The van der Waals surface area contributed by atoms with Gasteiger partial charge in [0.15, 0.2) is 6.10 Å². The Kier molecular flexibility index (Phi) is 11.6. The molecular weight excluding hydrogens is 542 g/mol. The van der Waals surface area contributed by atoms with Crippen LogP contribution in [-0.4, -0.2) is 67.0 Å². The number of dihydropyridines is 1. The van der Waals surface area contributed by atoms with Crippen molar-refractivity contribution in [1.82, 2.24) is 14.9 Å². The molecule has 3 heterocycles. The highest BCUT2D eigenvalue weighted by atomic mass is 19.3. The van der Waals surface area contributed by atoms with Gasteiger partial charge in [0, 0.05) is 6.20 Å². The van der Waals surface area contributed by atoms with Gasteiger partial charge >= 0.3 is 17.6 Å². The number of ether oxygens (including phenoxy) is 1. The van der Waals surface area contributed by atoms with E-state index in [1.165, 1.54) is 50.5 Å². The van der Waals surface area contributed by atoms with Gasteiger partial charge in [0.2, 0.25) is 6.23 Å². The monoisotopic (exact) mass is 582 g/mol. The Labute approximate surface area is 237 Å². The molecule has 0 saturated carbocycles. The Balaban J connectivity index is 1.68. The number of hydrogen-bond acceptors (Lipinski definition) is 8. The molecule has 1 aromatic heterocycles. The molecule has 13 heteroatoms. The number of carbonyl (C=O) groups excluding carboxylic acids is 1. The molecule has 0 bridgehead atoms. The number of nitrogens with zero attached hydrogens (tertiary/aromatic N) is 2. The smallest absolute Gasteiger partial charge is 0.351 e. The van der Waals surface area contributed by atoms with Gasteiger partial charge in [-0.05, 0) is 30.8 Å². The third kappa shape index (κ3) is 7.57. The lowest BCUT2D eigenvalue weighted by molar-refractivity contribution is -0.141. The Morgan fingerprint density at radius 2 is 1.76 bits per heavy atom. The molecule has 41 heavy (non-hydrogen) atoms. The minimum atomic E-state index is -3.89. The lowest BCUT2D eigenvalue weighted by Crippen LogP contribution is -2.56. The molecule has 228 valence electrons. The van der Waals surface area contributed by atoms with Crippen molar-refractivity contribution >= 4 is 17.7 Å². The molecule has 11 nitrogen and oxygen atoms in total. The predicted octanol–water partition coefficient (Wildman–Crippen LogP) is 3.25. The molecule has 0 spiro atoms. The van der Waals surface area contributed by atoms with Crippen LogP contribution in [0.15, 0.2) is 41.0 Å². The number of alkyl halides is 2. The summed E-state index contributed by atoms with van der Waals surface area (Å²) in [6.07, 6.45) is 9.82. The number of nitrogens with one attached hydrogen (secondary N) is 2. The summed E-state index contributed by atoms with van der Waals surface area (Å²) < 4.78 is 34.4. The predicted molar refractivity (Wildman–Crippen MR) is 146 cm³/mol. The van der Waals surface area contributed by atoms with E-state index in [0.29, 0.717) is 11.0 Å². The molecule has 2 aliphatic rings. The zero-order valence-corrected chi connectivity index (χ0v) is 23.2. The molecule has 3 rings (SSSR count). The van der Waals surface area contributed by atoms with E-state index in [4.69, 9.17) is 4.74 Å². The van der Waals surface area contributed by atoms with Crippen LogP contribution >= 0.6 is 0 Å². The van der Waals surface area contributed by atoms with Gasteiger partial charge in [-0.3, -0.25) is 9.36 Å². The number of amides is 1. The highest BCUT2D eigenvalue weighted by Crippen LogP contribution is 2.42. The average molecular weight is 583 g/mol. The van der Waals surface area contributed by atoms with Crippen LogP contribution in [0.5, 0.6) is 0 Å². The summed E-state index contributed by atoms with van der Waals surface area (Å²) in [5.74, 6) is -6.22. The van der Waals surface area contributed by atoms with Crippen molar-refractivity contribution in [2.75, 3.05) is 11.9 Å². The average Bonchev–Trinajstić information content (AvgIpc) is 3.17. The molecule has 0 aromatic carbocycles. The van der Waals surface area contributed by atoms with E-state index >= 15 is 0 Å². The normalized spacial score (nSPS) is 25.0. The topological polar surface area (TPSA) is 163 Å². The molecular formula is C28H40F2N4O7. The van der Waals surface area contributed by atoms with Crippen LogP contribution in [0, 0.1) is 0 Å². The van der Waals surface area contributed by atoms with Gasteiger partial charge in [0.05, 0.1) is 12.2 Å². The summed E-state index contributed by atoms with van der Waals surface area (Å²) in [5.41, 5.74) is -3.02. The fourth-order valence-corrected chi connectivity index (χ4v) is 5.20. The molecule has 2 aliphatic heterocycles. The number of unbranched alkanes of at least 4 members (excludes halogenated alkanes) is 9. The minimum Gasteiger partial charge on any atom is -0.478 e. The SMILES string of the molecule is CCCCCCCCCCCCC1(C(=O)Nc2ccn([C@@H]3O[C@H](CO)[C@@H](O)C3(F)F)c(=O)n2)NC=CC=C1C(=O)O. The molecule has 0 radical (unpaired) electrons. The third-order valence-corrected chi connectivity index (χ3v) is 7.56. The first kappa shape index (κ1) is 32.4. The second-order valence-corrected chi connectivity index (χ2v) is 10.5. The summed E-state index contributed by atoms with van der Waals surface area (Å²) in [5, 5.41) is 34.1. The second kappa shape index (κ2) is 14.6. The van der Waals surface area contributed by atoms with Gasteiger partial charge in [-0.15, -0.1) is 0 Å². The fourth-order valence-electron chi connectivity index (χ4n) is 5.20. The standard InChI is InChI=1S/C28H40F2N4O7/c1-2-3-4-5-6-7-8-9-10-11-15-27(19(23(37)38)13-12-16-31-27)24(39)32-21-14-17-34(26(40)33-21)25-28(29,30)22(36)20(18-35)41-25/h12-14,16-17,20,22,25,31,35-36H,2-11,15,18H2,1H3,(H,37,38)(H,32,33,39,40)/t20-,22-,25-,27?/m1/s1. The van der Waals surface area contributed by atoms with E-state index in [1.54, 1.807) is 0 Å². The summed E-state index contributed by atoms with van der Waals surface area (Å²) >= 11 is 0. The van der Waals surface area contributed by atoms with Gasteiger partial charge < -0.3 is 30.7 Å². The largest absolute Gasteiger partial charge is 0.478 e. The van der Waals surface area contributed by atoms with Crippen LogP contribution in [0.4, 0.5) is 14.6 Å². The van der Waals surface area contributed by atoms with Crippen molar-refractivity contribution in [2.24, 2.45) is 0 Å². The van der Waals surface area contributed by atoms with Crippen molar-refractivity contribution in [2.45, 2.75) is 107 Å². The zero-order valence-electron chi connectivity index (χ0n) is 23.2. The molecule has 1 unspecified atom stereocenters. The molecule has 5 N–H and O–H groups in total. The number of carboxylic acid groups (broad SMARTS) is 1. The molecule has 1 amide bonds. The van der Waals surface area contributed by atoms with Crippen molar-refractivity contribution < 1.29 is 38.4 Å². The summed E-state index contributed by atoms with van der Waals surface area (Å²) in [7, 11) is 0. The quantitative estimate of drug-likeness (QED) is 0.184. The van der Waals surface area contributed by atoms with E-state index in [0.717, 1.165) is 37.9 Å². The van der Waals surface area contributed by atoms with E-state index in [2.05, 4.69) is 22.5 Å². The molecule has 1 saturated heterocycles. The van der Waals surface area contributed by atoms with Gasteiger partial charge in [-0.1, -0.05) is 71.1 Å². The molecule has 4 atom stereocenters. The number of rotatable bonds is 16. The summed E-state index contributed by atoms with van der Waals surface area (Å²) in [6.45, 7) is 1.30. The van der Waals surface area contributed by atoms with E-state index < -0.39 is 54.1 Å². The number of carboxylic acids is 1. The summed E-state index contributed by atoms with van der Waals surface area (Å²) in [6, 6.07) is 1.09. The van der Waals surface area contributed by atoms with Gasteiger partial charge in [0.1, 0.15) is 17.5 Å². The maximum atomic E-state index is 14.5. The molecule has 0 aliphatic carbocycles. The van der Waals surface area contributed by atoms with Crippen LogP contribution < -0.4 is 16.3 Å². The lowest BCUT2D eigenvalue weighted by atomic mass is 9.81. The van der Waals surface area contributed by atoms with Crippen LogP contribution in [0.25, 0.3) is 0 Å². The van der Waals surface area contributed by atoms with Crippen LogP contribution in [-0.2, 0) is 14.3 Å². The highest BCUT2D eigenvalue weighted by Gasteiger charge is 2.59. The number of anilines is 1. The first-order valence-electron chi connectivity index (χ1n) is 14.2. The number of carbonyl (C=O) groups is 2.